The molecule has 28 heavy (non-hydrogen) atoms. The summed E-state index contributed by atoms with van der Waals surface area (Å²) in [6.07, 6.45) is 4.18. The average molecular weight is 404 g/mol. The smallest absolute Gasteiger partial charge is 0.272 e. The second-order valence-corrected chi connectivity index (χ2v) is 8.92. The Balaban J connectivity index is 1.82. The summed E-state index contributed by atoms with van der Waals surface area (Å²) in [5, 5.41) is 2.73. The Morgan fingerprint density at radius 3 is 2.39 bits per heavy atom. The zero-order valence-corrected chi connectivity index (χ0v) is 16.8. The summed E-state index contributed by atoms with van der Waals surface area (Å²) in [6.45, 7) is 2.73. The van der Waals surface area contributed by atoms with Gasteiger partial charge in [-0.05, 0) is 49.6 Å². The molecule has 1 aliphatic rings. The Labute approximate surface area is 164 Å². The first-order valence-electron chi connectivity index (χ1n) is 9.08. The van der Waals surface area contributed by atoms with Gasteiger partial charge in [-0.3, -0.25) is 9.59 Å². The van der Waals surface area contributed by atoms with Crippen LogP contribution in [0, 0.1) is 6.92 Å². The van der Waals surface area contributed by atoms with Crippen LogP contribution in [-0.2, 0) is 17.1 Å². The van der Waals surface area contributed by atoms with Gasteiger partial charge in [-0.1, -0.05) is 6.42 Å². The Hall–Kier alpha value is -2.65. The number of carbonyl (C=O) groups excluding carboxylic acids is 2. The maximum absolute atomic E-state index is 12.8. The minimum atomic E-state index is -3.61. The van der Waals surface area contributed by atoms with Gasteiger partial charge < -0.3 is 15.6 Å². The van der Waals surface area contributed by atoms with E-state index in [1.165, 1.54) is 21.1 Å². The number of hydrogen-bond acceptors (Lipinski definition) is 4. The van der Waals surface area contributed by atoms with Crippen LogP contribution in [-0.4, -0.2) is 42.2 Å². The fourth-order valence-corrected chi connectivity index (χ4v) is 4.96. The quantitative estimate of drug-likeness (QED) is 0.791. The molecule has 1 saturated heterocycles. The minimum Gasteiger partial charge on any atom is -0.366 e. The van der Waals surface area contributed by atoms with Gasteiger partial charge in [0.25, 0.3) is 5.91 Å². The second-order valence-electron chi connectivity index (χ2n) is 6.98. The number of carbonyl (C=O) groups is 2. The molecule has 0 saturated carbocycles. The number of nitrogens with zero attached hydrogens (tertiary/aromatic N) is 2. The van der Waals surface area contributed by atoms with Gasteiger partial charge >= 0.3 is 0 Å². The summed E-state index contributed by atoms with van der Waals surface area (Å²) < 4.78 is 28.6. The zero-order valence-electron chi connectivity index (χ0n) is 15.9. The van der Waals surface area contributed by atoms with Gasteiger partial charge in [0.15, 0.2) is 0 Å². The number of amides is 2. The lowest BCUT2D eigenvalue weighted by atomic mass is 10.1. The van der Waals surface area contributed by atoms with Gasteiger partial charge in [-0.25, -0.2) is 8.42 Å². The third kappa shape index (κ3) is 3.95. The summed E-state index contributed by atoms with van der Waals surface area (Å²) in [7, 11) is -1.98. The summed E-state index contributed by atoms with van der Waals surface area (Å²) in [5.74, 6) is -0.973. The van der Waals surface area contributed by atoms with Crippen LogP contribution in [0.15, 0.2) is 35.4 Å². The molecule has 2 amide bonds. The fourth-order valence-electron chi connectivity index (χ4n) is 3.37. The minimum absolute atomic E-state index is 0.113. The molecule has 0 atom stereocenters. The normalized spacial score (nSPS) is 15.4. The highest BCUT2D eigenvalue weighted by molar-refractivity contribution is 7.89. The molecular formula is C19H24N4O4S. The molecule has 1 aliphatic heterocycles. The predicted molar refractivity (Wildman–Crippen MR) is 106 cm³/mol. The van der Waals surface area contributed by atoms with Crippen molar-refractivity contribution in [1.82, 2.24) is 8.87 Å². The number of benzene rings is 1. The fraction of sp³-hybridized carbons (Fsp3) is 0.368. The average Bonchev–Trinajstić information content (AvgIpc) is 3.05. The number of sulfonamides is 1. The Kier molecular flexibility index (Phi) is 5.57. The predicted octanol–water partition coefficient (Wildman–Crippen LogP) is 1.86. The lowest BCUT2D eigenvalue weighted by Crippen LogP contribution is -2.35. The first-order valence-corrected chi connectivity index (χ1v) is 10.5. The number of nitrogens with two attached hydrogens (primary N) is 1. The van der Waals surface area contributed by atoms with Crippen molar-refractivity contribution >= 4 is 27.5 Å². The molecule has 0 unspecified atom stereocenters. The van der Waals surface area contributed by atoms with Crippen LogP contribution < -0.4 is 11.1 Å². The number of rotatable bonds is 5. The molecule has 0 bridgehead atoms. The van der Waals surface area contributed by atoms with Crippen molar-refractivity contribution in [3.8, 4) is 0 Å². The van der Waals surface area contributed by atoms with Gasteiger partial charge in [-0.2, -0.15) is 4.31 Å². The van der Waals surface area contributed by atoms with Crippen molar-refractivity contribution in [2.75, 3.05) is 18.4 Å². The maximum atomic E-state index is 12.8. The first kappa shape index (κ1) is 20.1. The van der Waals surface area contributed by atoms with Crippen LogP contribution in [0.4, 0.5) is 5.69 Å². The lowest BCUT2D eigenvalue weighted by Gasteiger charge is -2.25. The van der Waals surface area contributed by atoms with E-state index in [9.17, 15) is 18.0 Å². The van der Waals surface area contributed by atoms with E-state index in [1.807, 2.05) is 0 Å². The molecule has 150 valence electrons. The van der Waals surface area contributed by atoms with Crippen molar-refractivity contribution in [2.45, 2.75) is 31.1 Å². The van der Waals surface area contributed by atoms with Gasteiger partial charge in [0.05, 0.1) is 0 Å². The first-order chi connectivity index (χ1) is 13.2. The van der Waals surface area contributed by atoms with Crippen molar-refractivity contribution in [2.24, 2.45) is 12.8 Å². The molecule has 3 N–H and O–H groups in total. The van der Waals surface area contributed by atoms with Crippen molar-refractivity contribution in [3.63, 3.8) is 0 Å². The van der Waals surface area contributed by atoms with Crippen LogP contribution in [0.3, 0.4) is 0 Å². The van der Waals surface area contributed by atoms with E-state index < -0.39 is 21.8 Å². The van der Waals surface area contributed by atoms with Gasteiger partial charge in [0.2, 0.25) is 15.9 Å². The summed E-state index contributed by atoms with van der Waals surface area (Å²) in [5.41, 5.74) is 7.04. The third-order valence-corrected chi connectivity index (χ3v) is 6.78. The number of primary amides is 1. The number of anilines is 1. The van der Waals surface area contributed by atoms with E-state index >= 15 is 0 Å². The molecule has 1 aromatic carbocycles. The monoisotopic (exact) mass is 404 g/mol. The lowest BCUT2D eigenvalue weighted by molar-refractivity contribution is 0.0997. The highest BCUT2D eigenvalue weighted by Crippen LogP contribution is 2.23. The molecule has 1 aromatic heterocycles. The van der Waals surface area contributed by atoms with E-state index in [0.29, 0.717) is 29.9 Å². The van der Waals surface area contributed by atoms with Crippen molar-refractivity contribution in [3.05, 3.63) is 47.3 Å². The molecule has 2 aromatic rings. The van der Waals surface area contributed by atoms with Crippen molar-refractivity contribution < 1.29 is 18.0 Å². The number of hydrogen-bond donors (Lipinski definition) is 2. The highest BCUT2D eigenvalue weighted by atomic mass is 32.2. The molecule has 0 spiro atoms. The molecule has 3 rings (SSSR count). The van der Waals surface area contributed by atoms with E-state index in [4.69, 9.17) is 5.73 Å². The zero-order chi connectivity index (χ0) is 20.5. The second kappa shape index (κ2) is 7.76. The Bertz CT molecular complexity index is 1020. The van der Waals surface area contributed by atoms with E-state index in [1.54, 1.807) is 32.2 Å². The maximum Gasteiger partial charge on any atom is 0.272 e. The van der Waals surface area contributed by atoms with Crippen LogP contribution in [0.5, 0.6) is 0 Å². The van der Waals surface area contributed by atoms with Crippen molar-refractivity contribution in [1.29, 1.82) is 0 Å². The van der Waals surface area contributed by atoms with Crippen LogP contribution in [0.25, 0.3) is 0 Å². The number of aromatic nitrogens is 1. The van der Waals surface area contributed by atoms with Crippen LogP contribution >= 0.6 is 0 Å². The van der Waals surface area contributed by atoms with Crippen LogP contribution in [0.2, 0.25) is 0 Å². The van der Waals surface area contributed by atoms with E-state index in [2.05, 4.69) is 5.32 Å². The molecule has 8 nitrogen and oxygen atoms in total. The molecule has 1 fully saturated rings. The number of piperidine rings is 1. The highest BCUT2D eigenvalue weighted by Gasteiger charge is 2.28. The van der Waals surface area contributed by atoms with Crippen LogP contribution in [0.1, 0.15) is 45.7 Å². The molecule has 0 aliphatic carbocycles. The largest absolute Gasteiger partial charge is 0.366 e. The van der Waals surface area contributed by atoms with Gasteiger partial charge in [0.1, 0.15) is 10.6 Å². The Morgan fingerprint density at radius 1 is 1.11 bits per heavy atom. The molecule has 0 radical (unpaired) electrons. The number of aryl methyl sites for hydroxylation is 2. The van der Waals surface area contributed by atoms with Gasteiger partial charge in [0, 0.05) is 37.6 Å². The topological polar surface area (TPSA) is 114 Å². The summed E-state index contributed by atoms with van der Waals surface area (Å²) >= 11 is 0. The number of nitrogens with one attached hydrogen (secondary N) is 1. The van der Waals surface area contributed by atoms with E-state index in [-0.39, 0.29) is 10.6 Å². The summed E-state index contributed by atoms with van der Waals surface area (Å²) in [4.78, 5) is 24.1. The standard InChI is InChI=1S/C19H24N4O4S/c1-13-10-14(6-7-16(13)18(20)24)21-19(25)17-11-15(12-22(17)2)28(26,27)23-8-4-3-5-9-23/h6-7,10-12H,3-5,8-9H2,1-2H3,(H2,20,24)(H,21,25). The molecule has 9 heteroatoms. The Morgan fingerprint density at radius 2 is 1.79 bits per heavy atom. The third-order valence-electron chi connectivity index (χ3n) is 4.92. The van der Waals surface area contributed by atoms with Gasteiger partial charge in [-0.15, -0.1) is 0 Å². The molecular weight excluding hydrogens is 380 g/mol. The SMILES string of the molecule is Cc1cc(NC(=O)c2cc(S(=O)(=O)N3CCCCC3)cn2C)ccc1C(N)=O. The van der Waals surface area contributed by atoms with E-state index in [0.717, 1.165) is 19.3 Å². The molecule has 2 heterocycles. The summed E-state index contributed by atoms with van der Waals surface area (Å²) in [6, 6.07) is 6.17.